The molecule has 2 aliphatic carbocycles. The van der Waals surface area contributed by atoms with Crippen molar-refractivity contribution in [2.45, 2.75) is 69.0 Å². The molecule has 2 aliphatic rings. The largest absolute Gasteiger partial charge is 0.309 e. The molecule has 0 aromatic carbocycles. The van der Waals surface area contributed by atoms with Crippen LogP contribution in [0.4, 0.5) is 0 Å². The van der Waals surface area contributed by atoms with Crippen molar-refractivity contribution in [2.24, 2.45) is 5.92 Å². The van der Waals surface area contributed by atoms with E-state index in [0.717, 1.165) is 17.7 Å². The number of nitrogens with one attached hydrogen (secondary N) is 2. The Morgan fingerprint density at radius 3 is 2.67 bits per heavy atom. The highest BCUT2D eigenvalue weighted by atomic mass is 32.2. The average molecular weight is 329 g/mol. The second kappa shape index (κ2) is 6.36. The van der Waals surface area contributed by atoms with E-state index in [9.17, 15) is 8.42 Å². The summed E-state index contributed by atoms with van der Waals surface area (Å²) in [7, 11) is -3.39. The van der Waals surface area contributed by atoms with Gasteiger partial charge in [-0.1, -0.05) is 12.8 Å². The number of hydrogen-bond acceptors (Lipinski definition) is 4. The van der Waals surface area contributed by atoms with Gasteiger partial charge in [-0.3, -0.25) is 0 Å². The van der Waals surface area contributed by atoms with Crippen LogP contribution in [0.2, 0.25) is 0 Å². The molecule has 1 aromatic rings. The fourth-order valence-electron chi connectivity index (χ4n) is 3.08. The molecule has 1 aromatic heterocycles. The molecule has 2 fully saturated rings. The molecule has 21 heavy (non-hydrogen) atoms. The molecule has 2 N–H and O–H groups in total. The molecule has 2 saturated carbocycles. The third-order valence-corrected chi connectivity index (χ3v) is 7.26. The van der Waals surface area contributed by atoms with Gasteiger partial charge in [-0.05, 0) is 50.0 Å². The molecular weight excluding hydrogens is 304 g/mol. The maximum Gasteiger partial charge on any atom is 0.241 e. The summed E-state index contributed by atoms with van der Waals surface area (Å²) in [6.45, 7) is 2.67. The third-order valence-electron chi connectivity index (χ3n) is 4.57. The van der Waals surface area contributed by atoms with Gasteiger partial charge in [0.25, 0.3) is 0 Å². The molecule has 118 valence electrons. The van der Waals surface area contributed by atoms with Crippen LogP contribution in [0.25, 0.3) is 0 Å². The normalized spacial score (nSPS) is 21.8. The third kappa shape index (κ3) is 3.86. The first-order chi connectivity index (χ1) is 10.1. The van der Waals surface area contributed by atoms with Gasteiger partial charge in [0.15, 0.2) is 0 Å². The summed E-state index contributed by atoms with van der Waals surface area (Å²) < 4.78 is 28.1. The zero-order chi connectivity index (χ0) is 14.9. The second-order valence-corrected chi connectivity index (χ2v) is 9.00. The molecule has 0 bridgehead atoms. The van der Waals surface area contributed by atoms with Crippen LogP contribution in [0.3, 0.4) is 0 Å². The summed E-state index contributed by atoms with van der Waals surface area (Å²) in [4.78, 5) is 1.39. The van der Waals surface area contributed by atoms with Crippen molar-refractivity contribution in [2.75, 3.05) is 0 Å². The van der Waals surface area contributed by atoms with E-state index in [1.165, 1.54) is 37.0 Å². The first kappa shape index (κ1) is 15.5. The molecule has 4 nitrogen and oxygen atoms in total. The van der Waals surface area contributed by atoms with Crippen molar-refractivity contribution >= 4 is 21.4 Å². The smallest absolute Gasteiger partial charge is 0.241 e. The lowest BCUT2D eigenvalue weighted by Gasteiger charge is -2.20. The summed E-state index contributed by atoms with van der Waals surface area (Å²) in [5.41, 5.74) is 0. The predicted molar refractivity (Wildman–Crippen MR) is 85.9 cm³/mol. The fraction of sp³-hybridized carbons (Fsp3) is 0.733. The first-order valence-electron chi connectivity index (χ1n) is 7.88. The van der Waals surface area contributed by atoms with Crippen LogP contribution in [0.15, 0.2) is 16.3 Å². The minimum atomic E-state index is -3.39. The van der Waals surface area contributed by atoms with Gasteiger partial charge in [0.05, 0.1) is 4.90 Å². The highest BCUT2D eigenvalue weighted by Crippen LogP contribution is 2.29. The highest BCUT2D eigenvalue weighted by Gasteiger charge is 2.28. The monoisotopic (exact) mass is 328 g/mol. The molecule has 1 unspecified atom stereocenters. The summed E-state index contributed by atoms with van der Waals surface area (Å²) in [6, 6.07) is 2.35. The number of rotatable bonds is 7. The van der Waals surface area contributed by atoms with Gasteiger partial charge in [-0.15, -0.1) is 11.3 Å². The molecule has 0 saturated heterocycles. The maximum atomic E-state index is 12.6. The van der Waals surface area contributed by atoms with Crippen LogP contribution < -0.4 is 10.0 Å². The van der Waals surface area contributed by atoms with Crippen molar-refractivity contribution in [3.63, 3.8) is 0 Å². The van der Waals surface area contributed by atoms with Crippen molar-refractivity contribution in [3.8, 4) is 0 Å². The van der Waals surface area contributed by atoms with E-state index >= 15 is 0 Å². The number of hydrogen-bond donors (Lipinski definition) is 2. The first-order valence-corrected chi connectivity index (χ1v) is 10.2. The fourth-order valence-corrected chi connectivity index (χ4v) is 5.79. The lowest BCUT2D eigenvalue weighted by Crippen LogP contribution is -2.37. The van der Waals surface area contributed by atoms with Crippen LogP contribution in [-0.4, -0.2) is 20.5 Å². The summed E-state index contributed by atoms with van der Waals surface area (Å²) >= 11 is 1.52. The van der Waals surface area contributed by atoms with Gasteiger partial charge >= 0.3 is 0 Å². The van der Waals surface area contributed by atoms with E-state index < -0.39 is 10.0 Å². The summed E-state index contributed by atoms with van der Waals surface area (Å²) in [6.07, 6.45) is 7.17. The molecule has 0 spiro atoms. The molecule has 0 radical (unpaired) electrons. The quantitative estimate of drug-likeness (QED) is 0.809. The zero-order valence-corrected chi connectivity index (χ0v) is 14.1. The van der Waals surface area contributed by atoms with E-state index in [1.54, 1.807) is 6.07 Å². The van der Waals surface area contributed by atoms with Crippen LogP contribution in [0.1, 0.15) is 50.3 Å². The molecule has 1 atom stereocenters. The van der Waals surface area contributed by atoms with Crippen molar-refractivity contribution in [3.05, 3.63) is 16.3 Å². The van der Waals surface area contributed by atoms with Crippen molar-refractivity contribution in [1.82, 2.24) is 10.0 Å². The summed E-state index contributed by atoms with van der Waals surface area (Å²) in [5, 5.41) is 5.27. The molecular formula is C15H24N2O2S2. The SMILES string of the molecule is CC(NS(=O)(=O)c1ccsc1CNC1CC1)C1CCCC1. The molecule has 3 rings (SSSR count). The van der Waals surface area contributed by atoms with E-state index in [4.69, 9.17) is 0 Å². The van der Waals surface area contributed by atoms with Gasteiger partial charge in [0.1, 0.15) is 0 Å². The Bertz CT molecular complexity index is 572. The lowest BCUT2D eigenvalue weighted by molar-refractivity contribution is 0.424. The Labute approximate surface area is 131 Å². The van der Waals surface area contributed by atoms with Gasteiger partial charge < -0.3 is 5.32 Å². The van der Waals surface area contributed by atoms with Crippen LogP contribution >= 0.6 is 11.3 Å². The Kier molecular flexibility index (Phi) is 4.69. The zero-order valence-electron chi connectivity index (χ0n) is 12.5. The van der Waals surface area contributed by atoms with Crippen LogP contribution in [0.5, 0.6) is 0 Å². The molecule has 6 heteroatoms. The van der Waals surface area contributed by atoms with Crippen molar-refractivity contribution in [1.29, 1.82) is 0 Å². The van der Waals surface area contributed by atoms with Crippen LogP contribution in [0, 0.1) is 5.92 Å². The van der Waals surface area contributed by atoms with Gasteiger partial charge in [-0.2, -0.15) is 0 Å². The molecule has 0 amide bonds. The van der Waals surface area contributed by atoms with Gasteiger partial charge in [-0.25, -0.2) is 13.1 Å². The van der Waals surface area contributed by atoms with Crippen molar-refractivity contribution < 1.29 is 8.42 Å². The standard InChI is InChI=1S/C15H24N2O2S2/c1-11(12-4-2-3-5-12)17-21(18,19)15-8-9-20-14(15)10-16-13-6-7-13/h8-9,11-13,16-17H,2-7,10H2,1H3. The Hall–Kier alpha value is -0.430. The van der Waals surface area contributed by atoms with E-state index in [2.05, 4.69) is 10.0 Å². The Balaban J connectivity index is 1.67. The summed E-state index contributed by atoms with van der Waals surface area (Å²) in [5.74, 6) is 0.492. The predicted octanol–water partition coefficient (Wildman–Crippen LogP) is 2.86. The Morgan fingerprint density at radius 2 is 2.00 bits per heavy atom. The average Bonchev–Trinajstić information content (AvgIpc) is 2.95. The molecule has 1 heterocycles. The van der Waals surface area contributed by atoms with Crippen LogP contribution in [-0.2, 0) is 16.6 Å². The van der Waals surface area contributed by atoms with E-state index in [-0.39, 0.29) is 6.04 Å². The minimum Gasteiger partial charge on any atom is -0.309 e. The van der Waals surface area contributed by atoms with Gasteiger partial charge in [0.2, 0.25) is 10.0 Å². The molecule has 0 aliphatic heterocycles. The highest BCUT2D eigenvalue weighted by molar-refractivity contribution is 7.89. The van der Waals surface area contributed by atoms with E-state index in [0.29, 0.717) is 23.4 Å². The Morgan fingerprint density at radius 1 is 1.29 bits per heavy atom. The van der Waals surface area contributed by atoms with E-state index in [1.807, 2.05) is 12.3 Å². The minimum absolute atomic E-state index is 0.0293. The van der Waals surface area contributed by atoms with Gasteiger partial charge in [0, 0.05) is 23.5 Å². The maximum absolute atomic E-state index is 12.6. The number of sulfonamides is 1. The number of thiophene rings is 1. The lowest BCUT2D eigenvalue weighted by atomic mass is 10.0. The second-order valence-electron chi connectivity index (χ2n) is 6.32. The topological polar surface area (TPSA) is 58.2 Å².